The summed E-state index contributed by atoms with van der Waals surface area (Å²) in [5.41, 5.74) is 9.85. The Hall–Kier alpha value is -3.67. The van der Waals surface area contributed by atoms with Crippen molar-refractivity contribution in [2.24, 2.45) is 11.1 Å². The van der Waals surface area contributed by atoms with Gasteiger partial charge in [-0.25, -0.2) is 4.79 Å². The molecule has 0 radical (unpaired) electrons. The number of hydrogen-bond acceptors (Lipinski definition) is 8. The number of aromatic nitrogens is 2. The number of carbonyl (C=O) groups excluding carboxylic acids is 1. The van der Waals surface area contributed by atoms with Crippen LogP contribution >= 0.6 is 0 Å². The van der Waals surface area contributed by atoms with Gasteiger partial charge in [0.05, 0.1) is 13.0 Å². The minimum Gasteiger partial charge on any atom is -0.453 e. The van der Waals surface area contributed by atoms with Gasteiger partial charge in [0.15, 0.2) is 6.10 Å². The molecule has 214 valence electrons. The second-order valence-corrected chi connectivity index (χ2v) is 10.7. The lowest BCUT2D eigenvalue weighted by Crippen LogP contribution is -2.48. The van der Waals surface area contributed by atoms with E-state index in [0.29, 0.717) is 4.57 Å². The highest BCUT2D eigenvalue weighted by Crippen LogP contribution is 2.50. The summed E-state index contributed by atoms with van der Waals surface area (Å²) in [5.74, 6) is -4.87. The van der Waals surface area contributed by atoms with Crippen molar-refractivity contribution in [1.82, 2.24) is 9.55 Å². The first-order valence-corrected chi connectivity index (χ1v) is 12.9. The van der Waals surface area contributed by atoms with Crippen molar-refractivity contribution in [2.75, 3.05) is 18.9 Å². The Morgan fingerprint density at radius 1 is 1.05 bits per heavy atom. The van der Waals surface area contributed by atoms with Crippen molar-refractivity contribution in [3.8, 4) is 0 Å². The summed E-state index contributed by atoms with van der Waals surface area (Å²) >= 11 is 0. The van der Waals surface area contributed by atoms with Gasteiger partial charge in [-0.05, 0) is 22.6 Å². The molecule has 1 aliphatic heterocycles. The summed E-state index contributed by atoms with van der Waals surface area (Å²) in [6.45, 7) is 5.47. The van der Waals surface area contributed by atoms with E-state index < -0.39 is 53.6 Å². The predicted molar refractivity (Wildman–Crippen MR) is 144 cm³/mol. The Bertz CT molecular complexity index is 1320. The number of anilines is 1. The number of ether oxygens (including phenoxy) is 3. The smallest absolute Gasteiger partial charge is 0.351 e. The largest absolute Gasteiger partial charge is 0.453 e. The number of nitrogens with two attached hydrogens (primary N) is 2. The summed E-state index contributed by atoms with van der Waals surface area (Å²) in [6.07, 6.45) is -4.83. The first-order valence-electron chi connectivity index (χ1n) is 12.9. The zero-order valence-corrected chi connectivity index (χ0v) is 22.6. The minimum absolute atomic E-state index is 0.0843. The molecule has 3 aromatic rings. The molecule has 40 heavy (non-hydrogen) atoms. The molecular formula is C29H34F2N4O5. The molecule has 4 rings (SSSR count). The van der Waals surface area contributed by atoms with Crippen LogP contribution in [0.4, 0.5) is 14.6 Å². The van der Waals surface area contributed by atoms with E-state index in [1.807, 2.05) is 81.4 Å². The van der Waals surface area contributed by atoms with Crippen LogP contribution in [0.25, 0.3) is 0 Å². The zero-order valence-electron chi connectivity index (χ0n) is 22.6. The van der Waals surface area contributed by atoms with E-state index in [0.717, 1.165) is 17.3 Å². The molecule has 11 heteroatoms. The molecule has 0 bridgehead atoms. The number of halogens is 2. The molecule has 1 aliphatic rings. The highest BCUT2D eigenvalue weighted by atomic mass is 19.3. The average Bonchev–Trinajstić information content (AvgIpc) is 3.14. The molecule has 1 saturated heterocycles. The fourth-order valence-corrected chi connectivity index (χ4v) is 5.14. The van der Waals surface area contributed by atoms with Crippen molar-refractivity contribution in [3.05, 3.63) is 94.5 Å². The summed E-state index contributed by atoms with van der Waals surface area (Å²) in [5, 5.41) is 0. The molecule has 3 atom stereocenters. The summed E-state index contributed by atoms with van der Waals surface area (Å²) in [6, 6.07) is 20.1. The van der Waals surface area contributed by atoms with Crippen LogP contribution in [-0.4, -0.2) is 46.8 Å². The van der Waals surface area contributed by atoms with Gasteiger partial charge in [-0.3, -0.25) is 9.36 Å². The number of rotatable bonds is 9. The van der Waals surface area contributed by atoms with Crippen molar-refractivity contribution in [2.45, 2.75) is 57.2 Å². The van der Waals surface area contributed by atoms with E-state index in [4.69, 9.17) is 25.7 Å². The molecule has 1 aromatic heterocycles. The van der Waals surface area contributed by atoms with Crippen LogP contribution in [0, 0.1) is 5.41 Å². The van der Waals surface area contributed by atoms with Gasteiger partial charge in [-0.2, -0.15) is 13.8 Å². The predicted octanol–water partition coefficient (Wildman–Crippen LogP) is 3.63. The topological polar surface area (TPSA) is 132 Å². The monoisotopic (exact) mass is 556 g/mol. The molecule has 0 saturated carbocycles. The Kier molecular flexibility index (Phi) is 8.38. The molecule has 4 N–H and O–H groups in total. The number of nitrogen functional groups attached to an aromatic ring is 1. The normalized spacial score (nSPS) is 20.8. The molecular weight excluding hydrogens is 522 g/mol. The van der Waals surface area contributed by atoms with Crippen molar-refractivity contribution in [1.29, 1.82) is 0 Å². The quantitative estimate of drug-likeness (QED) is 0.382. The van der Waals surface area contributed by atoms with Gasteiger partial charge < -0.3 is 25.7 Å². The first kappa shape index (κ1) is 29.3. The number of benzene rings is 2. The van der Waals surface area contributed by atoms with E-state index in [1.165, 1.54) is 6.07 Å². The van der Waals surface area contributed by atoms with Gasteiger partial charge in [-0.15, -0.1) is 0 Å². The lowest BCUT2D eigenvalue weighted by molar-refractivity contribution is -0.178. The Morgan fingerprint density at radius 2 is 1.62 bits per heavy atom. The van der Waals surface area contributed by atoms with Crippen LogP contribution in [0.1, 0.15) is 44.5 Å². The summed E-state index contributed by atoms with van der Waals surface area (Å²) in [4.78, 5) is 28.4. The highest BCUT2D eigenvalue weighted by Gasteiger charge is 2.63. The molecule has 2 heterocycles. The van der Waals surface area contributed by atoms with Crippen LogP contribution in [-0.2, 0) is 24.6 Å². The van der Waals surface area contributed by atoms with Gasteiger partial charge in [-0.1, -0.05) is 81.4 Å². The lowest BCUT2D eigenvalue weighted by Gasteiger charge is -2.46. The van der Waals surface area contributed by atoms with Gasteiger partial charge in [0, 0.05) is 12.7 Å². The van der Waals surface area contributed by atoms with Gasteiger partial charge in [0.2, 0.25) is 6.23 Å². The Labute approximate surface area is 231 Å². The van der Waals surface area contributed by atoms with Crippen LogP contribution in [0.5, 0.6) is 0 Å². The molecule has 1 fully saturated rings. The molecule has 9 nitrogen and oxygen atoms in total. The van der Waals surface area contributed by atoms with Gasteiger partial charge in [0.25, 0.3) is 0 Å². The fourth-order valence-electron chi connectivity index (χ4n) is 5.14. The number of carbonyl (C=O) groups is 1. The number of esters is 1. The van der Waals surface area contributed by atoms with Crippen LogP contribution < -0.4 is 17.2 Å². The second-order valence-electron chi connectivity index (χ2n) is 10.7. The SMILES string of the molecule is CC(C)(C)C(OCC1OC(n2ccc(N)nc2=O)C(F)(F)C1OC(=O)CCN)(c1ccccc1)c1ccccc1. The molecule has 0 aliphatic carbocycles. The van der Waals surface area contributed by atoms with Crippen LogP contribution in [0.15, 0.2) is 77.7 Å². The van der Waals surface area contributed by atoms with E-state index in [-0.39, 0.29) is 18.8 Å². The van der Waals surface area contributed by atoms with E-state index in [2.05, 4.69) is 4.98 Å². The Balaban J connectivity index is 1.77. The van der Waals surface area contributed by atoms with Crippen molar-refractivity contribution in [3.63, 3.8) is 0 Å². The van der Waals surface area contributed by atoms with E-state index >= 15 is 8.78 Å². The molecule has 2 aromatic carbocycles. The highest BCUT2D eigenvalue weighted by molar-refractivity contribution is 5.70. The standard InChI is InChI=1S/C29H34F2N4O5/c1-27(2,3)28(19-10-6-4-7-11-19,20-12-8-5-9-13-20)38-18-21-24(40-23(36)14-16-32)29(30,31)25(39-21)35-17-15-22(33)34-26(35)37/h4-13,15,17,21,24-25H,14,16,18,32H2,1-3H3,(H2,33,34,37). The third kappa shape index (κ3) is 5.49. The minimum atomic E-state index is -3.82. The van der Waals surface area contributed by atoms with Crippen LogP contribution in [0.2, 0.25) is 0 Å². The molecule has 0 amide bonds. The maximum absolute atomic E-state index is 15.9. The first-order chi connectivity index (χ1) is 18.9. The van der Waals surface area contributed by atoms with Gasteiger partial charge in [0.1, 0.15) is 17.5 Å². The van der Waals surface area contributed by atoms with E-state index in [9.17, 15) is 9.59 Å². The zero-order chi connectivity index (χ0) is 29.1. The maximum Gasteiger partial charge on any atom is 0.351 e. The van der Waals surface area contributed by atoms with Crippen molar-refractivity contribution < 1.29 is 27.8 Å². The summed E-state index contributed by atoms with van der Waals surface area (Å²) in [7, 11) is 0. The van der Waals surface area contributed by atoms with Crippen molar-refractivity contribution >= 4 is 11.8 Å². The Morgan fingerprint density at radius 3 is 2.12 bits per heavy atom. The average molecular weight is 557 g/mol. The van der Waals surface area contributed by atoms with Gasteiger partial charge >= 0.3 is 17.6 Å². The third-order valence-electron chi connectivity index (χ3n) is 6.94. The maximum atomic E-state index is 15.9. The van der Waals surface area contributed by atoms with Crippen LogP contribution in [0.3, 0.4) is 0 Å². The number of alkyl halides is 2. The lowest BCUT2D eigenvalue weighted by atomic mass is 9.68. The van der Waals surface area contributed by atoms with E-state index in [1.54, 1.807) is 0 Å². The molecule has 0 spiro atoms. The second kappa shape index (κ2) is 11.4. The number of nitrogens with zero attached hydrogens (tertiary/aromatic N) is 2. The number of hydrogen-bond donors (Lipinski definition) is 2. The molecule has 3 unspecified atom stereocenters. The third-order valence-corrected chi connectivity index (χ3v) is 6.94. The fraction of sp³-hybridized carbons (Fsp3) is 0.414. The summed E-state index contributed by atoms with van der Waals surface area (Å²) < 4.78 is 50.0.